The van der Waals surface area contributed by atoms with Gasteiger partial charge in [0.2, 0.25) is 5.91 Å². The van der Waals surface area contributed by atoms with Crippen molar-refractivity contribution < 1.29 is 14.7 Å². The molecule has 154 valence electrons. The molecular formula is C21H32N4O3. The minimum atomic E-state index is -1.00. The molecule has 0 bridgehead atoms. The summed E-state index contributed by atoms with van der Waals surface area (Å²) in [5.74, 6) is -0.0595. The molecule has 7 heteroatoms. The number of carbonyl (C=O) groups excluding carboxylic acids is 1. The monoisotopic (exact) mass is 388 g/mol. The van der Waals surface area contributed by atoms with Crippen LogP contribution < -0.4 is 0 Å². The van der Waals surface area contributed by atoms with E-state index < -0.39 is 12.1 Å². The van der Waals surface area contributed by atoms with Gasteiger partial charge in [0, 0.05) is 57.9 Å². The Hall–Kier alpha value is -2.12. The second-order valence-corrected chi connectivity index (χ2v) is 8.70. The van der Waals surface area contributed by atoms with E-state index in [9.17, 15) is 14.7 Å². The zero-order valence-electron chi connectivity index (χ0n) is 17.2. The summed E-state index contributed by atoms with van der Waals surface area (Å²) in [6.45, 7) is 11.6. The van der Waals surface area contributed by atoms with E-state index in [1.54, 1.807) is 0 Å². The van der Waals surface area contributed by atoms with Gasteiger partial charge in [0.1, 0.15) is 6.04 Å². The molecule has 0 radical (unpaired) electrons. The third-order valence-corrected chi connectivity index (χ3v) is 5.79. The average Bonchev–Trinajstić information content (AvgIpc) is 2.67. The van der Waals surface area contributed by atoms with E-state index in [2.05, 4.69) is 42.7 Å². The largest absolute Gasteiger partial charge is 0.465 e. The van der Waals surface area contributed by atoms with E-state index in [1.165, 1.54) is 10.5 Å². The zero-order valence-corrected chi connectivity index (χ0v) is 17.2. The summed E-state index contributed by atoms with van der Waals surface area (Å²) in [5, 5.41) is 9.58. The molecule has 2 saturated heterocycles. The van der Waals surface area contributed by atoms with Crippen LogP contribution in [0, 0.1) is 0 Å². The molecule has 28 heavy (non-hydrogen) atoms. The fourth-order valence-electron chi connectivity index (χ4n) is 4.01. The van der Waals surface area contributed by atoms with Crippen LogP contribution in [0.4, 0.5) is 4.79 Å². The third kappa shape index (κ3) is 4.83. The Morgan fingerprint density at radius 2 is 1.64 bits per heavy atom. The number of rotatable bonds is 3. The molecule has 1 aromatic rings. The van der Waals surface area contributed by atoms with Crippen LogP contribution in [0.25, 0.3) is 0 Å². The van der Waals surface area contributed by atoms with Crippen molar-refractivity contribution in [2.24, 2.45) is 0 Å². The van der Waals surface area contributed by atoms with Crippen LogP contribution in [-0.2, 0) is 11.3 Å². The molecule has 1 atom stereocenters. The maximum absolute atomic E-state index is 13.2. The summed E-state index contributed by atoms with van der Waals surface area (Å²) in [4.78, 5) is 32.6. The lowest BCUT2D eigenvalue weighted by Crippen LogP contribution is -2.65. The van der Waals surface area contributed by atoms with Crippen LogP contribution in [-0.4, -0.2) is 94.1 Å². The molecule has 2 amide bonds. The number of piperazine rings is 2. The first-order chi connectivity index (χ1) is 13.3. The minimum absolute atomic E-state index is 0.0595. The van der Waals surface area contributed by atoms with Crippen molar-refractivity contribution in [3.63, 3.8) is 0 Å². The van der Waals surface area contributed by atoms with Gasteiger partial charge in [-0.1, -0.05) is 30.3 Å². The summed E-state index contributed by atoms with van der Waals surface area (Å²) in [6, 6.07) is 9.71. The molecule has 2 aliphatic heterocycles. The molecule has 0 unspecified atom stereocenters. The van der Waals surface area contributed by atoms with Crippen LogP contribution in [0.2, 0.25) is 0 Å². The lowest BCUT2D eigenvalue weighted by Gasteiger charge is -2.46. The molecule has 0 aromatic heterocycles. The van der Waals surface area contributed by atoms with Crippen molar-refractivity contribution in [3.8, 4) is 0 Å². The molecule has 7 nitrogen and oxygen atoms in total. The quantitative estimate of drug-likeness (QED) is 0.855. The maximum Gasteiger partial charge on any atom is 0.408 e. The van der Waals surface area contributed by atoms with Gasteiger partial charge in [-0.25, -0.2) is 4.79 Å². The lowest BCUT2D eigenvalue weighted by molar-refractivity contribution is -0.141. The van der Waals surface area contributed by atoms with Gasteiger partial charge >= 0.3 is 6.09 Å². The topological polar surface area (TPSA) is 67.3 Å². The van der Waals surface area contributed by atoms with E-state index in [1.807, 2.05) is 23.1 Å². The van der Waals surface area contributed by atoms with Crippen LogP contribution in [0.15, 0.2) is 30.3 Å². The average molecular weight is 389 g/mol. The maximum atomic E-state index is 13.2. The summed E-state index contributed by atoms with van der Waals surface area (Å²) >= 11 is 0. The zero-order chi connectivity index (χ0) is 20.3. The number of benzene rings is 1. The van der Waals surface area contributed by atoms with Gasteiger partial charge in [-0.15, -0.1) is 0 Å². The smallest absolute Gasteiger partial charge is 0.408 e. The van der Waals surface area contributed by atoms with E-state index in [0.29, 0.717) is 32.7 Å². The molecule has 1 N–H and O–H groups in total. The van der Waals surface area contributed by atoms with Gasteiger partial charge in [-0.2, -0.15) is 0 Å². The Balaban J connectivity index is 1.61. The van der Waals surface area contributed by atoms with E-state index in [-0.39, 0.29) is 11.4 Å². The number of carboxylic acid groups (broad SMARTS) is 1. The SMILES string of the molecule is CC(C)(C)N1CCN(C(=O)O)[C@@H](C(=O)N2CCN(Cc3ccccc3)CC2)C1. The van der Waals surface area contributed by atoms with Gasteiger partial charge < -0.3 is 10.0 Å². The number of nitrogens with zero attached hydrogens (tertiary/aromatic N) is 4. The molecule has 0 saturated carbocycles. The highest BCUT2D eigenvalue weighted by Crippen LogP contribution is 2.21. The summed E-state index contributed by atoms with van der Waals surface area (Å²) in [7, 11) is 0. The fourth-order valence-corrected chi connectivity index (χ4v) is 4.01. The Morgan fingerprint density at radius 1 is 1.00 bits per heavy atom. The van der Waals surface area contributed by atoms with Gasteiger partial charge in [0.25, 0.3) is 0 Å². The first-order valence-corrected chi connectivity index (χ1v) is 10.1. The van der Waals surface area contributed by atoms with Crippen LogP contribution >= 0.6 is 0 Å². The van der Waals surface area contributed by atoms with Gasteiger partial charge in [-0.3, -0.25) is 19.5 Å². The number of hydrogen-bond acceptors (Lipinski definition) is 4. The number of amides is 2. The first-order valence-electron chi connectivity index (χ1n) is 10.1. The van der Waals surface area contributed by atoms with Crippen molar-refractivity contribution >= 4 is 12.0 Å². The fraction of sp³-hybridized carbons (Fsp3) is 0.619. The Bertz CT molecular complexity index is 681. The Labute approximate surface area is 167 Å². The van der Waals surface area contributed by atoms with Crippen molar-refractivity contribution in [1.82, 2.24) is 19.6 Å². The predicted molar refractivity (Wildman–Crippen MR) is 108 cm³/mol. The summed E-state index contributed by atoms with van der Waals surface area (Å²) in [5.41, 5.74) is 1.18. The van der Waals surface area contributed by atoms with E-state index >= 15 is 0 Å². The van der Waals surface area contributed by atoms with Crippen LogP contribution in [0.3, 0.4) is 0 Å². The highest BCUT2D eigenvalue weighted by molar-refractivity contribution is 5.86. The van der Waals surface area contributed by atoms with Crippen LogP contribution in [0.1, 0.15) is 26.3 Å². The van der Waals surface area contributed by atoms with E-state index in [4.69, 9.17) is 0 Å². The molecule has 0 spiro atoms. The molecular weight excluding hydrogens is 356 g/mol. The molecule has 2 fully saturated rings. The molecule has 0 aliphatic carbocycles. The third-order valence-electron chi connectivity index (χ3n) is 5.79. The van der Waals surface area contributed by atoms with Gasteiger partial charge in [0.15, 0.2) is 0 Å². The Kier molecular flexibility index (Phi) is 6.25. The molecule has 3 rings (SSSR count). The normalized spacial score (nSPS) is 22.3. The minimum Gasteiger partial charge on any atom is -0.465 e. The lowest BCUT2D eigenvalue weighted by atomic mass is 10.0. The molecule has 1 aromatic carbocycles. The van der Waals surface area contributed by atoms with Crippen LogP contribution in [0.5, 0.6) is 0 Å². The highest BCUT2D eigenvalue weighted by Gasteiger charge is 2.40. The van der Waals surface area contributed by atoms with Gasteiger partial charge in [-0.05, 0) is 26.3 Å². The van der Waals surface area contributed by atoms with Crippen molar-refractivity contribution in [2.75, 3.05) is 45.8 Å². The second-order valence-electron chi connectivity index (χ2n) is 8.70. The first kappa shape index (κ1) is 20.6. The number of carbonyl (C=O) groups is 2. The van der Waals surface area contributed by atoms with Crippen molar-refractivity contribution in [2.45, 2.75) is 38.9 Å². The van der Waals surface area contributed by atoms with E-state index in [0.717, 1.165) is 19.6 Å². The highest BCUT2D eigenvalue weighted by atomic mass is 16.4. The molecule has 2 aliphatic rings. The predicted octanol–water partition coefficient (Wildman–Crippen LogP) is 1.79. The summed E-state index contributed by atoms with van der Waals surface area (Å²) < 4.78 is 0. The van der Waals surface area contributed by atoms with Crippen molar-refractivity contribution in [1.29, 1.82) is 0 Å². The van der Waals surface area contributed by atoms with Crippen molar-refractivity contribution in [3.05, 3.63) is 35.9 Å². The second kappa shape index (κ2) is 8.49. The van der Waals surface area contributed by atoms with Gasteiger partial charge in [0.05, 0.1) is 0 Å². The number of hydrogen-bond donors (Lipinski definition) is 1. The molecule has 2 heterocycles. The standard InChI is InChI=1S/C21H32N4O3/c1-21(2,3)24-13-14-25(20(27)28)18(16-24)19(26)23-11-9-22(10-12-23)15-17-7-5-4-6-8-17/h4-8,18H,9-16H2,1-3H3,(H,27,28)/t18-/m1/s1. The Morgan fingerprint density at radius 3 is 2.21 bits per heavy atom. The summed E-state index contributed by atoms with van der Waals surface area (Å²) in [6.07, 6.45) is -1.00.